The summed E-state index contributed by atoms with van der Waals surface area (Å²) in [6, 6.07) is 7.20. The third-order valence-corrected chi connectivity index (χ3v) is 4.87. The number of hydrogen-bond acceptors (Lipinski definition) is 8. The molecular formula is C20H18N6O4. The van der Waals surface area contributed by atoms with E-state index in [0.29, 0.717) is 40.8 Å². The van der Waals surface area contributed by atoms with Crippen molar-refractivity contribution in [3.63, 3.8) is 0 Å². The third kappa shape index (κ3) is 3.16. The van der Waals surface area contributed by atoms with Crippen molar-refractivity contribution in [2.75, 3.05) is 13.7 Å². The maximum atomic E-state index is 12.8. The number of carbonyl (C=O) groups excluding carboxylic acids is 1. The van der Waals surface area contributed by atoms with E-state index in [1.54, 1.807) is 13.3 Å². The number of carbonyl (C=O) groups is 1. The molecule has 0 bridgehead atoms. The van der Waals surface area contributed by atoms with Crippen molar-refractivity contribution >= 4 is 16.9 Å². The smallest absolute Gasteiger partial charge is 0.270 e. The van der Waals surface area contributed by atoms with Crippen LogP contribution in [0.1, 0.15) is 33.5 Å². The van der Waals surface area contributed by atoms with E-state index < -0.39 is 0 Å². The van der Waals surface area contributed by atoms with Gasteiger partial charge in [0.25, 0.3) is 11.8 Å². The van der Waals surface area contributed by atoms with Crippen LogP contribution in [0, 0.1) is 6.92 Å². The molecular weight excluding hydrogens is 388 g/mol. The minimum Gasteiger partial charge on any atom is -0.491 e. The lowest BCUT2D eigenvalue weighted by molar-refractivity contribution is 0.0927. The first-order valence-electron chi connectivity index (χ1n) is 9.32. The monoisotopic (exact) mass is 406 g/mol. The van der Waals surface area contributed by atoms with Gasteiger partial charge in [-0.1, -0.05) is 17.3 Å². The first-order valence-corrected chi connectivity index (χ1v) is 9.32. The molecule has 30 heavy (non-hydrogen) atoms. The van der Waals surface area contributed by atoms with Gasteiger partial charge in [-0.25, -0.2) is 4.98 Å². The van der Waals surface area contributed by atoms with Gasteiger partial charge >= 0.3 is 0 Å². The van der Waals surface area contributed by atoms with Crippen molar-refractivity contribution < 1.29 is 18.8 Å². The van der Waals surface area contributed by atoms with Crippen LogP contribution in [0.5, 0.6) is 5.75 Å². The molecule has 2 N–H and O–H groups in total. The molecule has 0 aliphatic carbocycles. The van der Waals surface area contributed by atoms with E-state index in [1.807, 2.05) is 31.2 Å². The highest BCUT2D eigenvalue weighted by Crippen LogP contribution is 2.35. The average molecular weight is 406 g/mol. The van der Waals surface area contributed by atoms with Crippen LogP contribution in [-0.2, 0) is 11.3 Å². The van der Waals surface area contributed by atoms with Gasteiger partial charge in [0.1, 0.15) is 24.7 Å². The molecule has 1 amide bonds. The molecule has 4 heterocycles. The molecule has 1 atom stereocenters. The summed E-state index contributed by atoms with van der Waals surface area (Å²) in [6.45, 7) is 2.50. The number of fused-ring (bicyclic) bond motifs is 2. The molecule has 0 saturated heterocycles. The number of pyridine rings is 1. The zero-order valence-electron chi connectivity index (χ0n) is 16.3. The van der Waals surface area contributed by atoms with Crippen LogP contribution in [0.15, 0.2) is 35.0 Å². The summed E-state index contributed by atoms with van der Waals surface area (Å²) in [6.07, 6.45) is 1.71. The fraction of sp³-hybridized carbons (Fsp3) is 0.250. The van der Waals surface area contributed by atoms with Crippen molar-refractivity contribution in [2.45, 2.75) is 19.6 Å². The Labute approximate surface area is 170 Å². The Kier molecular flexibility index (Phi) is 4.40. The quantitative estimate of drug-likeness (QED) is 0.517. The van der Waals surface area contributed by atoms with Crippen LogP contribution in [0.3, 0.4) is 0 Å². The number of nitrogens with zero attached hydrogens (tertiary/aromatic N) is 4. The minimum atomic E-state index is -0.285. The lowest BCUT2D eigenvalue weighted by Crippen LogP contribution is -2.29. The van der Waals surface area contributed by atoms with Crippen molar-refractivity contribution in [3.8, 4) is 17.1 Å². The van der Waals surface area contributed by atoms with Gasteiger partial charge < -0.3 is 19.3 Å². The lowest BCUT2D eigenvalue weighted by atomic mass is 10.1. The fourth-order valence-electron chi connectivity index (χ4n) is 3.43. The summed E-state index contributed by atoms with van der Waals surface area (Å²) in [5.74, 6) is 1.25. The molecule has 4 aromatic rings. The van der Waals surface area contributed by atoms with Crippen LogP contribution >= 0.6 is 0 Å². The number of nitrogens with one attached hydrogen (secondary N) is 2. The Hall–Kier alpha value is -3.79. The summed E-state index contributed by atoms with van der Waals surface area (Å²) in [4.78, 5) is 21.4. The van der Waals surface area contributed by atoms with Gasteiger partial charge in [0.2, 0.25) is 5.82 Å². The third-order valence-electron chi connectivity index (χ3n) is 4.87. The van der Waals surface area contributed by atoms with E-state index in [0.717, 1.165) is 16.7 Å². The second-order valence-corrected chi connectivity index (χ2v) is 7.02. The van der Waals surface area contributed by atoms with Crippen LogP contribution < -0.4 is 10.1 Å². The number of rotatable bonds is 5. The summed E-state index contributed by atoms with van der Waals surface area (Å²) in [5, 5.41) is 14.5. The SMILES string of the molecule is COCc1nc(-c2ccc3c(c2)OC[C@H]3NC(=O)c2[nH]nc3ncc(C)cc23)no1. The Morgan fingerprint density at radius 1 is 1.37 bits per heavy atom. The maximum Gasteiger partial charge on any atom is 0.270 e. The molecule has 1 aliphatic rings. The van der Waals surface area contributed by atoms with Crippen LogP contribution in [-0.4, -0.2) is 44.9 Å². The summed E-state index contributed by atoms with van der Waals surface area (Å²) in [7, 11) is 1.56. The number of ether oxygens (including phenoxy) is 2. The molecule has 0 spiro atoms. The predicted octanol–water partition coefficient (Wildman–Crippen LogP) is 2.33. The molecule has 0 fully saturated rings. The Morgan fingerprint density at radius 2 is 2.27 bits per heavy atom. The highest BCUT2D eigenvalue weighted by atomic mass is 16.5. The van der Waals surface area contributed by atoms with Gasteiger partial charge in [0, 0.05) is 24.4 Å². The van der Waals surface area contributed by atoms with Crippen LogP contribution in [0.2, 0.25) is 0 Å². The number of methoxy groups -OCH3 is 1. The first-order chi connectivity index (χ1) is 14.6. The van der Waals surface area contributed by atoms with Gasteiger partial charge in [0.15, 0.2) is 5.65 Å². The maximum absolute atomic E-state index is 12.8. The number of aryl methyl sites for hydroxylation is 1. The van der Waals surface area contributed by atoms with E-state index in [4.69, 9.17) is 14.0 Å². The van der Waals surface area contributed by atoms with E-state index in [9.17, 15) is 4.79 Å². The molecule has 0 radical (unpaired) electrons. The molecule has 5 rings (SSSR count). The van der Waals surface area contributed by atoms with E-state index in [-0.39, 0.29) is 18.6 Å². The molecule has 10 nitrogen and oxygen atoms in total. The minimum absolute atomic E-state index is 0.250. The standard InChI is InChI=1S/C20H18N6O4/c1-10-5-13-17(24-25-19(13)21-7-10)20(27)22-14-8-29-15-6-11(3-4-12(14)15)18-23-16(9-28-2)30-26-18/h3-7,14H,8-9H2,1-2H3,(H,22,27)(H,21,24,25)/t14-/m1/s1. The molecule has 0 saturated carbocycles. The van der Waals surface area contributed by atoms with Crippen molar-refractivity contribution in [1.29, 1.82) is 0 Å². The average Bonchev–Trinajstić information content (AvgIpc) is 3.46. The normalized spacial score (nSPS) is 15.2. The second-order valence-electron chi connectivity index (χ2n) is 7.02. The predicted molar refractivity (Wildman–Crippen MR) is 105 cm³/mol. The fourth-order valence-corrected chi connectivity index (χ4v) is 3.43. The number of benzene rings is 1. The Morgan fingerprint density at radius 3 is 3.13 bits per heavy atom. The lowest BCUT2D eigenvalue weighted by Gasteiger charge is -2.11. The molecule has 3 aromatic heterocycles. The molecule has 1 aliphatic heterocycles. The Bertz CT molecular complexity index is 1250. The van der Waals surface area contributed by atoms with Crippen LogP contribution in [0.25, 0.3) is 22.4 Å². The molecule has 152 valence electrons. The van der Waals surface area contributed by atoms with Gasteiger partial charge in [-0.15, -0.1) is 0 Å². The summed E-state index contributed by atoms with van der Waals surface area (Å²) < 4.78 is 15.9. The Balaban J connectivity index is 1.36. The number of aromatic nitrogens is 5. The van der Waals surface area contributed by atoms with Crippen LogP contribution in [0.4, 0.5) is 0 Å². The van der Waals surface area contributed by atoms with E-state index >= 15 is 0 Å². The highest BCUT2D eigenvalue weighted by molar-refractivity contribution is 6.04. The van der Waals surface area contributed by atoms with Crippen molar-refractivity contribution in [3.05, 3.63) is 53.2 Å². The summed E-state index contributed by atoms with van der Waals surface area (Å²) in [5.41, 5.74) is 3.48. The van der Waals surface area contributed by atoms with Gasteiger partial charge in [-0.2, -0.15) is 10.1 Å². The number of aromatic amines is 1. The summed E-state index contributed by atoms with van der Waals surface area (Å²) >= 11 is 0. The zero-order chi connectivity index (χ0) is 20.7. The number of hydrogen-bond donors (Lipinski definition) is 2. The first kappa shape index (κ1) is 18.3. The van der Waals surface area contributed by atoms with Gasteiger partial charge in [-0.3, -0.25) is 9.89 Å². The highest BCUT2D eigenvalue weighted by Gasteiger charge is 2.28. The van der Waals surface area contributed by atoms with Gasteiger partial charge in [-0.05, 0) is 24.6 Å². The number of H-pyrrole nitrogens is 1. The van der Waals surface area contributed by atoms with E-state index in [1.165, 1.54) is 0 Å². The largest absolute Gasteiger partial charge is 0.491 e. The second kappa shape index (κ2) is 7.23. The molecule has 1 aromatic carbocycles. The van der Waals surface area contributed by atoms with Crippen molar-refractivity contribution in [1.82, 2.24) is 30.6 Å². The zero-order valence-corrected chi connectivity index (χ0v) is 16.3. The molecule has 0 unspecified atom stereocenters. The topological polar surface area (TPSA) is 128 Å². The number of amides is 1. The van der Waals surface area contributed by atoms with Gasteiger partial charge in [0.05, 0.1) is 11.4 Å². The molecule has 10 heteroatoms. The van der Waals surface area contributed by atoms with Crippen molar-refractivity contribution in [2.24, 2.45) is 0 Å². The van der Waals surface area contributed by atoms with E-state index in [2.05, 4.69) is 30.6 Å².